The number of carboxylic acids is 1. The number of rotatable bonds is 1. The Morgan fingerprint density at radius 3 is 2.65 bits per heavy atom. The molecule has 4 bridgehead atoms. The zero-order valence-electron chi connectivity index (χ0n) is 9.33. The van der Waals surface area contributed by atoms with Crippen LogP contribution in [0.25, 0.3) is 0 Å². The van der Waals surface area contributed by atoms with Crippen LogP contribution in [0.15, 0.2) is 0 Å². The topological polar surface area (TPSA) is 55.8 Å². The summed E-state index contributed by atoms with van der Waals surface area (Å²) in [5.74, 6) is 2.44. The molecule has 0 aromatic rings. The van der Waals surface area contributed by atoms with Crippen LogP contribution in [-0.2, 0) is 14.3 Å². The van der Waals surface area contributed by atoms with Gasteiger partial charge in [-0.3, -0.25) is 4.79 Å². The lowest BCUT2D eigenvalue weighted by Crippen LogP contribution is -2.70. The van der Waals surface area contributed by atoms with Gasteiger partial charge < -0.3 is 14.6 Å². The molecule has 1 heterocycles. The van der Waals surface area contributed by atoms with Crippen molar-refractivity contribution in [3.05, 3.63) is 0 Å². The summed E-state index contributed by atoms with van der Waals surface area (Å²) >= 11 is 0. The largest absolute Gasteiger partial charge is 0.481 e. The van der Waals surface area contributed by atoms with Crippen molar-refractivity contribution in [3.8, 4) is 0 Å². The lowest BCUT2D eigenvalue weighted by Gasteiger charge is -2.67. The first-order chi connectivity index (χ1) is 8.24. The molecule has 7 aliphatic rings. The van der Waals surface area contributed by atoms with Crippen molar-refractivity contribution in [2.24, 2.45) is 46.8 Å². The molecule has 1 aliphatic heterocycles. The molecular formula is C13H14O4. The van der Waals surface area contributed by atoms with Gasteiger partial charge in [-0.2, -0.15) is 0 Å². The van der Waals surface area contributed by atoms with E-state index in [1.54, 1.807) is 0 Å². The first-order valence-corrected chi connectivity index (χ1v) is 6.76. The smallest absolute Gasteiger partial charge is 0.310 e. The summed E-state index contributed by atoms with van der Waals surface area (Å²) < 4.78 is 11.9. The minimum atomic E-state index is -0.560. The van der Waals surface area contributed by atoms with Crippen LogP contribution < -0.4 is 0 Å². The Morgan fingerprint density at radius 1 is 1.18 bits per heavy atom. The zero-order valence-corrected chi connectivity index (χ0v) is 9.33. The third kappa shape index (κ3) is 0.473. The van der Waals surface area contributed by atoms with Gasteiger partial charge in [-0.25, -0.2) is 0 Å². The molecular weight excluding hydrogens is 220 g/mol. The monoisotopic (exact) mass is 234 g/mol. The van der Waals surface area contributed by atoms with Crippen molar-refractivity contribution >= 4 is 5.97 Å². The standard InChI is InChI=1S/C13H14O4/c14-11(15)12-5-3-4-6-7(5)8(12)9(6)13(10(4)12)16-1-2-17-13/h4-10H,1-3H2,(H,14,15)/t4-,5-,6+,7-,8+,9-,10+,12+/m0/s1. The van der Waals surface area contributed by atoms with E-state index in [1.165, 1.54) is 0 Å². The predicted molar refractivity (Wildman–Crippen MR) is 53.8 cm³/mol. The highest BCUT2D eigenvalue weighted by Crippen LogP contribution is 2.96. The van der Waals surface area contributed by atoms with Crippen LogP contribution in [0.3, 0.4) is 0 Å². The number of hydrogen-bond donors (Lipinski definition) is 1. The molecule has 7 fully saturated rings. The maximum Gasteiger partial charge on any atom is 0.310 e. The van der Waals surface area contributed by atoms with E-state index in [2.05, 4.69) is 0 Å². The second-order valence-electron chi connectivity index (χ2n) is 6.85. The molecule has 4 heteroatoms. The van der Waals surface area contributed by atoms with Crippen molar-refractivity contribution in [2.75, 3.05) is 13.2 Å². The number of aliphatic carboxylic acids is 1. The lowest BCUT2D eigenvalue weighted by molar-refractivity contribution is -0.252. The van der Waals surface area contributed by atoms with Crippen molar-refractivity contribution < 1.29 is 19.4 Å². The Labute approximate surface area is 98.3 Å². The summed E-state index contributed by atoms with van der Waals surface area (Å²) in [7, 11) is 0. The minimum Gasteiger partial charge on any atom is -0.481 e. The highest BCUT2D eigenvalue weighted by Gasteiger charge is 3.00. The van der Waals surface area contributed by atoms with Crippen LogP contribution in [0.4, 0.5) is 0 Å². The Hall–Kier alpha value is -0.610. The second kappa shape index (κ2) is 1.95. The summed E-state index contributed by atoms with van der Waals surface area (Å²) in [4.78, 5) is 11.9. The fourth-order valence-electron chi connectivity index (χ4n) is 7.51. The average Bonchev–Trinajstić information content (AvgIpc) is 2.92. The van der Waals surface area contributed by atoms with E-state index >= 15 is 0 Å². The van der Waals surface area contributed by atoms with Crippen LogP contribution in [0.1, 0.15) is 6.42 Å². The number of carboxylic acid groups (broad SMARTS) is 1. The molecule has 1 saturated heterocycles. The SMILES string of the molecule is O=C(O)[C@@]12[C@@H]3[C@@H]4[C@H]5[C@H](C[C@@H]41)[C@H]2C1(OCCO1)[C@@H]53. The highest BCUT2D eigenvalue weighted by atomic mass is 16.7. The van der Waals surface area contributed by atoms with Gasteiger partial charge in [0, 0.05) is 11.8 Å². The van der Waals surface area contributed by atoms with Gasteiger partial charge in [-0.05, 0) is 36.0 Å². The summed E-state index contributed by atoms with van der Waals surface area (Å²) in [6.07, 6.45) is 1.13. The summed E-state index contributed by atoms with van der Waals surface area (Å²) in [5, 5.41) is 9.76. The first-order valence-electron chi connectivity index (χ1n) is 6.76. The molecule has 1 spiro atoms. The first kappa shape index (κ1) is 8.48. The van der Waals surface area contributed by atoms with Crippen LogP contribution >= 0.6 is 0 Å². The molecule has 0 radical (unpaired) electrons. The van der Waals surface area contributed by atoms with Crippen molar-refractivity contribution in [3.63, 3.8) is 0 Å². The van der Waals surface area contributed by atoms with Crippen molar-refractivity contribution in [1.82, 2.24) is 0 Å². The van der Waals surface area contributed by atoms with E-state index in [0.717, 1.165) is 12.3 Å². The lowest BCUT2D eigenvalue weighted by atomic mass is 9.34. The second-order valence-corrected chi connectivity index (χ2v) is 6.85. The Balaban J connectivity index is 1.64. The molecule has 6 saturated carbocycles. The normalized spacial score (nSPS) is 69.8. The third-order valence-electron chi connectivity index (χ3n) is 7.26. The molecule has 4 nitrogen and oxygen atoms in total. The number of hydrogen-bond acceptors (Lipinski definition) is 3. The maximum atomic E-state index is 11.9. The molecule has 1 N–H and O–H groups in total. The molecule has 17 heavy (non-hydrogen) atoms. The molecule has 0 amide bonds. The van der Waals surface area contributed by atoms with Gasteiger partial charge >= 0.3 is 5.97 Å². The van der Waals surface area contributed by atoms with Gasteiger partial charge in [0.2, 0.25) is 0 Å². The van der Waals surface area contributed by atoms with Gasteiger partial charge in [0.25, 0.3) is 0 Å². The van der Waals surface area contributed by atoms with Crippen molar-refractivity contribution in [2.45, 2.75) is 12.2 Å². The predicted octanol–water partition coefficient (Wildman–Crippen LogP) is 0.572. The van der Waals surface area contributed by atoms with E-state index in [4.69, 9.17) is 9.47 Å². The van der Waals surface area contributed by atoms with E-state index in [-0.39, 0.29) is 5.92 Å². The summed E-state index contributed by atoms with van der Waals surface area (Å²) in [6, 6.07) is 0. The minimum absolute atomic E-state index is 0.171. The highest BCUT2D eigenvalue weighted by molar-refractivity contribution is 5.82. The van der Waals surface area contributed by atoms with Crippen LogP contribution in [0.5, 0.6) is 0 Å². The molecule has 90 valence electrons. The number of carbonyl (C=O) groups is 1. The molecule has 6 aliphatic carbocycles. The number of ether oxygens (including phenoxy) is 2. The molecule has 0 aromatic heterocycles. The maximum absolute atomic E-state index is 11.9. The average molecular weight is 234 g/mol. The molecule has 8 atom stereocenters. The molecule has 7 rings (SSSR count). The Kier molecular flexibility index (Phi) is 0.975. The van der Waals surface area contributed by atoms with Crippen molar-refractivity contribution in [1.29, 1.82) is 0 Å². The third-order valence-corrected chi connectivity index (χ3v) is 7.26. The van der Waals surface area contributed by atoms with Crippen LogP contribution in [0, 0.1) is 46.8 Å². The van der Waals surface area contributed by atoms with E-state index < -0.39 is 17.2 Å². The summed E-state index contributed by atoms with van der Waals surface area (Å²) in [5.41, 5.74) is -0.445. The van der Waals surface area contributed by atoms with E-state index in [1.807, 2.05) is 0 Å². The zero-order chi connectivity index (χ0) is 11.2. The van der Waals surface area contributed by atoms with E-state index in [0.29, 0.717) is 42.8 Å². The Bertz CT molecular complexity index is 482. The van der Waals surface area contributed by atoms with Gasteiger partial charge in [0.15, 0.2) is 5.79 Å². The molecule has 0 aromatic carbocycles. The quantitative estimate of drug-likeness (QED) is 0.720. The summed E-state index contributed by atoms with van der Waals surface area (Å²) in [6.45, 7) is 1.31. The van der Waals surface area contributed by atoms with Gasteiger partial charge in [0.1, 0.15) is 0 Å². The molecule has 0 unspecified atom stereocenters. The van der Waals surface area contributed by atoms with Gasteiger partial charge in [-0.1, -0.05) is 0 Å². The van der Waals surface area contributed by atoms with Gasteiger partial charge in [-0.15, -0.1) is 0 Å². The fraction of sp³-hybridized carbons (Fsp3) is 0.923. The van der Waals surface area contributed by atoms with Crippen LogP contribution in [0.2, 0.25) is 0 Å². The fourth-order valence-corrected chi connectivity index (χ4v) is 7.51. The Morgan fingerprint density at radius 2 is 1.94 bits per heavy atom. The van der Waals surface area contributed by atoms with E-state index in [9.17, 15) is 9.90 Å². The van der Waals surface area contributed by atoms with Gasteiger partial charge in [0.05, 0.1) is 18.6 Å². The van der Waals surface area contributed by atoms with Crippen LogP contribution in [-0.4, -0.2) is 30.1 Å².